The predicted molar refractivity (Wildman–Crippen MR) is 84.1 cm³/mol. The Kier molecular flexibility index (Phi) is 5.24. The molecule has 1 heterocycles. The molecular weight excluding hydrogens is 264 g/mol. The third-order valence-electron chi connectivity index (χ3n) is 3.74. The summed E-state index contributed by atoms with van der Waals surface area (Å²) in [5.41, 5.74) is 2.60. The first-order chi connectivity index (χ1) is 10.1. The Morgan fingerprint density at radius 1 is 1.52 bits per heavy atom. The molecule has 0 aromatic heterocycles. The van der Waals surface area contributed by atoms with Gasteiger partial charge in [0.1, 0.15) is 6.61 Å². The van der Waals surface area contributed by atoms with Crippen LogP contribution in [0.1, 0.15) is 30.9 Å². The number of nitrogens with zero attached hydrogens (tertiary/aromatic N) is 1. The van der Waals surface area contributed by atoms with E-state index in [2.05, 4.69) is 24.1 Å². The third kappa shape index (κ3) is 4.24. The van der Waals surface area contributed by atoms with Crippen LogP contribution in [-0.4, -0.2) is 35.7 Å². The highest BCUT2D eigenvalue weighted by atomic mass is 16.2. The molecule has 1 aromatic rings. The maximum atomic E-state index is 12.3. The molecule has 1 aliphatic rings. The van der Waals surface area contributed by atoms with Crippen molar-refractivity contribution in [2.24, 2.45) is 5.92 Å². The van der Waals surface area contributed by atoms with Crippen molar-refractivity contribution >= 4 is 11.7 Å². The molecule has 0 radical (unpaired) electrons. The van der Waals surface area contributed by atoms with Gasteiger partial charge in [-0.2, -0.15) is 0 Å². The van der Waals surface area contributed by atoms with E-state index < -0.39 is 0 Å². The van der Waals surface area contributed by atoms with Crippen molar-refractivity contribution in [1.82, 2.24) is 4.90 Å². The quantitative estimate of drug-likeness (QED) is 0.780. The summed E-state index contributed by atoms with van der Waals surface area (Å²) in [6, 6.07) is 5.61. The summed E-state index contributed by atoms with van der Waals surface area (Å²) in [4.78, 5) is 14.1. The van der Waals surface area contributed by atoms with E-state index in [0.29, 0.717) is 5.92 Å². The number of aryl methyl sites for hydroxylation is 1. The van der Waals surface area contributed by atoms with Gasteiger partial charge < -0.3 is 15.3 Å². The summed E-state index contributed by atoms with van der Waals surface area (Å²) >= 11 is 0. The van der Waals surface area contributed by atoms with Crippen LogP contribution >= 0.6 is 0 Å². The Labute approximate surface area is 126 Å². The molecule has 0 saturated carbocycles. The van der Waals surface area contributed by atoms with Gasteiger partial charge in [-0.3, -0.25) is 0 Å². The van der Waals surface area contributed by atoms with E-state index in [0.717, 1.165) is 36.3 Å². The fourth-order valence-corrected chi connectivity index (χ4v) is 2.55. The number of likely N-dealkylation sites (tertiary alicyclic amines) is 1. The number of anilines is 1. The van der Waals surface area contributed by atoms with E-state index >= 15 is 0 Å². The van der Waals surface area contributed by atoms with E-state index in [1.807, 2.05) is 30.0 Å². The van der Waals surface area contributed by atoms with E-state index in [1.54, 1.807) is 0 Å². The van der Waals surface area contributed by atoms with Gasteiger partial charge in [-0.1, -0.05) is 24.8 Å². The van der Waals surface area contributed by atoms with Gasteiger partial charge in [0.05, 0.1) is 0 Å². The van der Waals surface area contributed by atoms with Crippen molar-refractivity contribution < 1.29 is 9.90 Å². The van der Waals surface area contributed by atoms with Crippen molar-refractivity contribution in [3.05, 3.63) is 29.3 Å². The Bertz CT molecular complexity index is 572. The second-order valence-corrected chi connectivity index (χ2v) is 5.61. The largest absolute Gasteiger partial charge is 0.384 e. The molecule has 0 bridgehead atoms. The molecule has 1 aromatic carbocycles. The predicted octanol–water partition coefficient (Wildman–Crippen LogP) is 2.60. The SMILES string of the molecule is Cc1ccc(NC(=O)N2CCCC(C)C2)cc1C#CCO. The number of carbonyl (C=O) groups excluding carboxylic acids is 1. The average molecular weight is 286 g/mol. The highest BCUT2D eigenvalue weighted by Crippen LogP contribution is 2.18. The normalized spacial score (nSPS) is 17.9. The molecule has 0 spiro atoms. The van der Waals surface area contributed by atoms with E-state index in [-0.39, 0.29) is 12.6 Å². The third-order valence-corrected chi connectivity index (χ3v) is 3.74. The molecule has 2 rings (SSSR count). The standard InChI is InChI=1S/C17H22N2O2/c1-13-5-3-9-19(12-13)17(21)18-16-8-7-14(2)15(11-16)6-4-10-20/h7-8,11,13,20H,3,5,9-10,12H2,1-2H3,(H,18,21). The second-order valence-electron chi connectivity index (χ2n) is 5.61. The van der Waals surface area contributed by atoms with Gasteiger partial charge in [0.15, 0.2) is 0 Å². The van der Waals surface area contributed by atoms with Crippen molar-refractivity contribution in [1.29, 1.82) is 0 Å². The van der Waals surface area contributed by atoms with Gasteiger partial charge in [0.25, 0.3) is 0 Å². The lowest BCUT2D eigenvalue weighted by Crippen LogP contribution is -2.41. The highest BCUT2D eigenvalue weighted by molar-refractivity contribution is 5.89. The van der Waals surface area contributed by atoms with E-state index in [9.17, 15) is 4.79 Å². The number of hydrogen-bond donors (Lipinski definition) is 2. The second kappa shape index (κ2) is 7.14. The van der Waals surface area contributed by atoms with Crippen LogP contribution in [0.2, 0.25) is 0 Å². The summed E-state index contributed by atoms with van der Waals surface area (Å²) in [6.07, 6.45) is 2.25. The zero-order valence-electron chi connectivity index (χ0n) is 12.6. The maximum absolute atomic E-state index is 12.3. The summed E-state index contributed by atoms with van der Waals surface area (Å²) in [5.74, 6) is 6.10. The highest BCUT2D eigenvalue weighted by Gasteiger charge is 2.20. The lowest BCUT2D eigenvalue weighted by molar-refractivity contribution is 0.182. The number of aliphatic hydroxyl groups is 1. The topological polar surface area (TPSA) is 52.6 Å². The van der Waals surface area contributed by atoms with Crippen LogP contribution in [0.3, 0.4) is 0 Å². The minimum absolute atomic E-state index is 0.0496. The first-order valence-electron chi connectivity index (χ1n) is 7.36. The minimum Gasteiger partial charge on any atom is -0.384 e. The smallest absolute Gasteiger partial charge is 0.321 e. The molecule has 21 heavy (non-hydrogen) atoms. The minimum atomic E-state index is -0.165. The van der Waals surface area contributed by atoms with Gasteiger partial charge in [0, 0.05) is 24.3 Å². The molecule has 4 heteroatoms. The molecule has 2 N–H and O–H groups in total. The molecule has 1 unspecified atom stereocenters. The van der Waals surface area contributed by atoms with Crippen molar-refractivity contribution in [2.75, 3.05) is 25.0 Å². The molecule has 1 aliphatic heterocycles. The zero-order valence-corrected chi connectivity index (χ0v) is 12.6. The van der Waals surface area contributed by atoms with Crippen LogP contribution in [0.5, 0.6) is 0 Å². The lowest BCUT2D eigenvalue weighted by Gasteiger charge is -2.31. The first kappa shape index (κ1) is 15.4. The first-order valence-corrected chi connectivity index (χ1v) is 7.36. The summed E-state index contributed by atoms with van der Waals surface area (Å²) < 4.78 is 0. The number of urea groups is 1. The van der Waals surface area contributed by atoms with Crippen LogP contribution in [0, 0.1) is 24.7 Å². The maximum Gasteiger partial charge on any atom is 0.321 e. The Balaban J connectivity index is 2.07. The van der Waals surface area contributed by atoms with Crippen molar-refractivity contribution in [3.8, 4) is 11.8 Å². The summed E-state index contributed by atoms with van der Waals surface area (Å²) in [6.45, 7) is 5.60. The van der Waals surface area contributed by atoms with E-state index in [4.69, 9.17) is 5.11 Å². The van der Waals surface area contributed by atoms with Crippen LogP contribution in [-0.2, 0) is 0 Å². The molecule has 1 saturated heterocycles. The number of amides is 2. The number of hydrogen-bond acceptors (Lipinski definition) is 2. The molecule has 1 fully saturated rings. The molecule has 112 valence electrons. The van der Waals surface area contributed by atoms with Crippen molar-refractivity contribution in [3.63, 3.8) is 0 Å². The number of nitrogens with one attached hydrogen (secondary N) is 1. The van der Waals surface area contributed by atoms with Gasteiger partial charge in [-0.05, 0) is 43.4 Å². The van der Waals surface area contributed by atoms with Crippen LogP contribution in [0.15, 0.2) is 18.2 Å². The molecule has 1 atom stereocenters. The van der Waals surface area contributed by atoms with E-state index in [1.165, 1.54) is 6.42 Å². The van der Waals surface area contributed by atoms with Crippen LogP contribution < -0.4 is 5.32 Å². The Hall–Kier alpha value is -1.99. The summed E-state index contributed by atoms with van der Waals surface area (Å²) in [7, 11) is 0. The van der Waals surface area contributed by atoms with Gasteiger partial charge in [-0.15, -0.1) is 0 Å². The summed E-state index contributed by atoms with van der Waals surface area (Å²) in [5, 5.41) is 11.7. The number of carbonyl (C=O) groups is 1. The van der Waals surface area contributed by atoms with Gasteiger partial charge >= 0.3 is 6.03 Å². The van der Waals surface area contributed by atoms with Crippen LogP contribution in [0.25, 0.3) is 0 Å². The molecule has 4 nitrogen and oxygen atoms in total. The van der Waals surface area contributed by atoms with Gasteiger partial charge in [-0.25, -0.2) is 4.79 Å². The zero-order chi connectivity index (χ0) is 15.2. The average Bonchev–Trinajstić information content (AvgIpc) is 2.47. The monoisotopic (exact) mass is 286 g/mol. The molecular formula is C17H22N2O2. The Morgan fingerprint density at radius 2 is 2.33 bits per heavy atom. The number of rotatable bonds is 1. The Morgan fingerprint density at radius 3 is 3.05 bits per heavy atom. The van der Waals surface area contributed by atoms with Crippen LogP contribution in [0.4, 0.5) is 10.5 Å². The number of piperidine rings is 1. The fourth-order valence-electron chi connectivity index (χ4n) is 2.55. The molecule has 0 aliphatic carbocycles. The number of aliphatic hydroxyl groups excluding tert-OH is 1. The fraction of sp³-hybridized carbons (Fsp3) is 0.471. The molecule has 2 amide bonds. The number of benzene rings is 1. The lowest BCUT2D eigenvalue weighted by atomic mass is 10.0. The van der Waals surface area contributed by atoms with Crippen molar-refractivity contribution in [2.45, 2.75) is 26.7 Å². The van der Waals surface area contributed by atoms with Gasteiger partial charge in [0.2, 0.25) is 0 Å².